The van der Waals surface area contributed by atoms with Gasteiger partial charge in [-0.3, -0.25) is 8.76 Å². The van der Waals surface area contributed by atoms with Crippen molar-refractivity contribution in [2.24, 2.45) is 0 Å². The summed E-state index contributed by atoms with van der Waals surface area (Å²) in [7, 11) is -3.96. The summed E-state index contributed by atoms with van der Waals surface area (Å²) in [5, 5.41) is 0. The Balaban J connectivity index is 3.37. The minimum atomic E-state index is -3.96. The molecule has 8 heteroatoms. The third-order valence-corrected chi connectivity index (χ3v) is 2.04. The first-order valence-electron chi connectivity index (χ1n) is 2.70. The number of hydrogen-bond donors (Lipinski definition) is 2. The molecule has 0 spiro atoms. The van der Waals surface area contributed by atoms with Crippen LogP contribution < -0.4 is 4.72 Å². The summed E-state index contributed by atoms with van der Waals surface area (Å²) in [5.74, 6) is -0.433. The topological polar surface area (TPSA) is 107 Å². The van der Waals surface area contributed by atoms with Gasteiger partial charge in [0.2, 0.25) is 0 Å². The van der Waals surface area contributed by atoms with E-state index in [0.717, 1.165) is 0 Å². The van der Waals surface area contributed by atoms with Crippen LogP contribution in [-0.4, -0.2) is 34.0 Å². The van der Waals surface area contributed by atoms with Crippen molar-refractivity contribution in [2.45, 2.75) is 6.42 Å². The monoisotopic (exact) mass is 202 g/mol. The first-order valence-corrected chi connectivity index (χ1v) is 5.38. The predicted octanol–water partition coefficient (Wildman–Crippen LogP) is -1.35. The van der Waals surface area contributed by atoms with Gasteiger partial charge in [0.05, 0.1) is 5.75 Å². The second-order valence-electron chi connectivity index (χ2n) is 1.77. The van der Waals surface area contributed by atoms with Gasteiger partial charge in [0, 0.05) is 17.8 Å². The van der Waals surface area contributed by atoms with Crippen molar-refractivity contribution < 1.29 is 21.7 Å². The van der Waals surface area contributed by atoms with Crippen LogP contribution in [0.3, 0.4) is 0 Å². The zero-order valence-corrected chi connectivity index (χ0v) is 7.15. The number of hydrogen-bond acceptors (Lipinski definition) is 4. The van der Waals surface area contributed by atoms with Gasteiger partial charge in [0.15, 0.2) is 0 Å². The van der Waals surface area contributed by atoms with E-state index in [4.69, 9.17) is 4.55 Å². The van der Waals surface area contributed by atoms with Gasteiger partial charge >= 0.3 is 0 Å². The van der Waals surface area contributed by atoms with Crippen LogP contribution in [0.1, 0.15) is 6.42 Å². The fourth-order valence-electron chi connectivity index (χ4n) is 0.410. The lowest BCUT2D eigenvalue weighted by Gasteiger charge is -2.04. The SMILES string of the molecule is O=S([O-])NCCCS(=O)(=O)O. The van der Waals surface area contributed by atoms with Gasteiger partial charge in [-0.1, -0.05) is 0 Å². The van der Waals surface area contributed by atoms with Crippen molar-refractivity contribution in [2.75, 3.05) is 12.3 Å². The fourth-order valence-corrected chi connectivity index (χ4v) is 1.23. The van der Waals surface area contributed by atoms with Crippen LogP contribution in [0.25, 0.3) is 0 Å². The van der Waals surface area contributed by atoms with Crippen LogP contribution in [-0.2, 0) is 21.4 Å². The van der Waals surface area contributed by atoms with Crippen molar-refractivity contribution >= 4 is 21.4 Å². The van der Waals surface area contributed by atoms with Gasteiger partial charge < -0.3 is 4.55 Å². The van der Waals surface area contributed by atoms with Crippen LogP contribution >= 0.6 is 0 Å². The molecule has 0 saturated carbocycles. The van der Waals surface area contributed by atoms with Crippen LogP contribution in [0, 0.1) is 0 Å². The van der Waals surface area contributed by atoms with E-state index in [-0.39, 0.29) is 13.0 Å². The van der Waals surface area contributed by atoms with Crippen molar-refractivity contribution in [3.63, 3.8) is 0 Å². The first kappa shape index (κ1) is 11.0. The average molecular weight is 202 g/mol. The molecule has 0 radical (unpaired) electrons. The van der Waals surface area contributed by atoms with E-state index in [1.807, 2.05) is 4.72 Å². The molecule has 68 valence electrons. The quantitative estimate of drug-likeness (QED) is 0.325. The van der Waals surface area contributed by atoms with Gasteiger partial charge in [-0.25, -0.2) is 4.72 Å². The third kappa shape index (κ3) is 9.98. The molecule has 0 aliphatic heterocycles. The molecular formula is C3H8NO5S2-. The van der Waals surface area contributed by atoms with Gasteiger partial charge in [0.1, 0.15) is 0 Å². The van der Waals surface area contributed by atoms with Gasteiger partial charge in [-0.15, -0.1) is 0 Å². The van der Waals surface area contributed by atoms with Crippen LogP contribution in [0.5, 0.6) is 0 Å². The molecule has 2 N–H and O–H groups in total. The smallest absolute Gasteiger partial charge is 0.264 e. The van der Waals surface area contributed by atoms with E-state index in [1.165, 1.54) is 0 Å². The minimum absolute atomic E-state index is 0.00982. The molecule has 0 aliphatic rings. The molecule has 0 aromatic carbocycles. The molecule has 1 unspecified atom stereocenters. The standard InChI is InChI=1S/C3H9NO5S2/c5-10(6)4-2-1-3-11(7,8)9/h4H,1-3H2,(H,5,6)(H,7,8,9)/p-1. The van der Waals surface area contributed by atoms with E-state index in [2.05, 4.69) is 0 Å². The number of nitrogens with one attached hydrogen (secondary N) is 1. The maximum Gasteiger partial charge on any atom is 0.264 e. The molecule has 0 aromatic rings. The highest BCUT2D eigenvalue weighted by atomic mass is 32.2. The normalized spacial score (nSPS) is 14.7. The lowest BCUT2D eigenvalue weighted by atomic mass is 10.5. The summed E-state index contributed by atoms with van der Waals surface area (Å²) in [6.45, 7) is 0.00982. The summed E-state index contributed by atoms with van der Waals surface area (Å²) in [5.41, 5.74) is 0. The Kier molecular flexibility index (Phi) is 4.77. The van der Waals surface area contributed by atoms with Crippen LogP contribution in [0.2, 0.25) is 0 Å². The summed E-state index contributed by atoms with van der Waals surface area (Å²) in [6, 6.07) is 0. The van der Waals surface area contributed by atoms with Crippen molar-refractivity contribution in [1.82, 2.24) is 4.72 Å². The summed E-state index contributed by atoms with van der Waals surface area (Å²) in [4.78, 5) is 0. The largest absolute Gasteiger partial charge is 0.760 e. The molecule has 0 amide bonds. The van der Waals surface area contributed by atoms with Crippen molar-refractivity contribution in [3.05, 3.63) is 0 Å². The molecule has 0 fully saturated rings. The van der Waals surface area contributed by atoms with Gasteiger partial charge in [0.25, 0.3) is 10.1 Å². The average Bonchev–Trinajstić information content (AvgIpc) is 1.78. The molecule has 1 atom stereocenters. The van der Waals surface area contributed by atoms with E-state index in [1.54, 1.807) is 0 Å². The Morgan fingerprint density at radius 2 is 2.09 bits per heavy atom. The fraction of sp³-hybridized carbons (Fsp3) is 1.00. The lowest BCUT2D eigenvalue weighted by Crippen LogP contribution is -2.20. The zero-order chi connectivity index (χ0) is 8.91. The summed E-state index contributed by atoms with van der Waals surface area (Å²) in [6.07, 6.45) is 0.0623. The highest BCUT2D eigenvalue weighted by Crippen LogP contribution is 1.86. The Bertz CT molecular complexity index is 222. The van der Waals surface area contributed by atoms with Gasteiger partial charge in [-0.2, -0.15) is 8.42 Å². The Morgan fingerprint density at radius 1 is 1.55 bits per heavy atom. The van der Waals surface area contributed by atoms with E-state index >= 15 is 0 Å². The maximum absolute atomic E-state index is 10.0. The second-order valence-corrected chi connectivity index (χ2v) is 4.10. The number of rotatable bonds is 5. The molecule has 0 aliphatic carbocycles. The van der Waals surface area contributed by atoms with E-state index in [0.29, 0.717) is 0 Å². The molecule has 0 saturated heterocycles. The second kappa shape index (κ2) is 4.78. The first-order chi connectivity index (χ1) is 4.92. The summed E-state index contributed by atoms with van der Waals surface area (Å²) >= 11 is -2.37. The molecule has 0 aromatic heterocycles. The highest BCUT2D eigenvalue weighted by molar-refractivity contribution is 7.85. The molecule has 0 heterocycles. The Hall–Kier alpha value is -0.0200. The van der Waals surface area contributed by atoms with E-state index < -0.39 is 27.1 Å². The predicted molar refractivity (Wildman–Crippen MR) is 38.0 cm³/mol. The molecule has 6 nitrogen and oxygen atoms in total. The maximum atomic E-state index is 10.0. The molecule has 11 heavy (non-hydrogen) atoms. The Morgan fingerprint density at radius 3 is 2.45 bits per heavy atom. The van der Waals surface area contributed by atoms with Crippen molar-refractivity contribution in [1.29, 1.82) is 0 Å². The van der Waals surface area contributed by atoms with Crippen molar-refractivity contribution in [3.8, 4) is 0 Å². The third-order valence-electron chi connectivity index (χ3n) is 0.799. The molecule has 0 rings (SSSR count). The minimum Gasteiger partial charge on any atom is -0.760 e. The molecular weight excluding hydrogens is 194 g/mol. The molecule has 0 bridgehead atoms. The lowest BCUT2D eigenvalue weighted by molar-refractivity contribution is 0.479. The van der Waals surface area contributed by atoms with Crippen LogP contribution in [0.15, 0.2) is 0 Å². The van der Waals surface area contributed by atoms with Gasteiger partial charge in [-0.05, 0) is 6.42 Å². The van der Waals surface area contributed by atoms with E-state index in [9.17, 15) is 17.2 Å². The highest BCUT2D eigenvalue weighted by Gasteiger charge is 2.02. The Labute approximate surface area is 67.2 Å². The van der Waals surface area contributed by atoms with Crippen LogP contribution in [0.4, 0.5) is 0 Å². The summed E-state index contributed by atoms with van der Waals surface area (Å²) < 4.78 is 49.8. The zero-order valence-electron chi connectivity index (χ0n) is 5.52.